The molecule has 0 bridgehead atoms. The van der Waals surface area contributed by atoms with Crippen LogP contribution >= 0.6 is 11.8 Å². The molecule has 172 valence electrons. The van der Waals surface area contributed by atoms with Gasteiger partial charge in [-0.05, 0) is 68.4 Å². The SMILES string of the molecule is CC1=C(CCCCCCCCCCCCCCCCC2=CCCC=C2)C(C)CCS1. The molecule has 0 fully saturated rings. The topological polar surface area (TPSA) is 0 Å². The minimum Gasteiger partial charge on any atom is -0.131 e. The molecule has 1 heterocycles. The molecule has 2 rings (SSSR count). The van der Waals surface area contributed by atoms with Crippen LogP contribution in [0.2, 0.25) is 0 Å². The van der Waals surface area contributed by atoms with Gasteiger partial charge in [-0.3, -0.25) is 0 Å². The van der Waals surface area contributed by atoms with Crippen molar-refractivity contribution in [3.63, 3.8) is 0 Å². The van der Waals surface area contributed by atoms with Gasteiger partial charge in [0.05, 0.1) is 0 Å². The van der Waals surface area contributed by atoms with E-state index in [9.17, 15) is 0 Å². The average molecular weight is 431 g/mol. The number of thioether (sulfide) groups is 1. The van der Waals surface area contributed by atoms with Gasteiger partial charge >= 0.3 is 0 Å². The third-order valence-corrected chi connectivity index (χ3v) is 8.28. The molecule has 1 heteroatoms. The van der Waals surface area contributed by atoms with Gasteiger partial charge in [-0.2, -0.15) is 0 Å². The minimum atomic E-state index is 0.850. The van der Waals surface area contributed by atoms with Crippen molar-refractivity contribution < 1.29 is 0 Å². The molecule has 0 aromatic rings. The summed E-state index contributed by atoms with van der Waals surface area (Å²) in [4.78, 5) is 1.64. The molecule has 1 atom stereocenters. The van der Waals surface area contributed by atoms with E-state index in [1.807, 2.05) is 0 Å². The summed E-state index contributed by atoms with van der Waals surface area (Å²) >= 11 is 2.10. The second kappa shape index (κ2) is 17.2. The Labute approximate surface area is 193 Å². The van der Waals surface area contributed by atoms with Gasteiger partial charge in [-0.15, -0.1) is 11.8 Å². The number of unbranched alkanes of at least 4 members (excludes halogenated alkanes) is 13. The summed E-state index contributed by atoms with van der Waals surface area (Å²) in [6.45, 7) is 4.79. The molecule has 0 amide bonds. The van der Waals surface area contributed by atoms with Crippen molar-refractivity contribution in [3.05, 3.63) is 34.3 Å². The predicted molar refractivity (Wildman–Crippen MR) is 139 cm³/mol. The maximum absolute atomic E-state index is 2.44. The fraction of sp³-hybridized carbons (Fsp3) is 0.793. The van der Waals surface area contributed by atoms with Gasteiger partial charge in [-0.25, -0.2) is 0 Å². The van der Waals surface area contributed by atoms with Crippen LogP contribution in [0.15, 0.2) is 34.3 Å². The summed E-state index contributed by atoms with van der Waals surface area (Å²) in [7, 11) is 0. The van der Waals surface area contributed by atoms with Crippen LogP contribution in [0.3, 0.4) is 0 Å². The van der Waals surface area contributed by atoms with Crippen LogP contribution in [0.5, 0.6) is 0 Å². The fourth-order valence-electron chi connectivity index (χ4n) is 5.04. The Hall–Kier alpha value is -0.430. The molecule has 0 saturated heterocycles. The Morgan fingerprint density at radius 1 is 0.733 bits per heavy atom. The molecule has 0 nitrogen and oxygen atoms in total. The minimum absolute atomic E-state index is 0.850. The lowest BCUT2D eigenvalue weighted by Crippen LogP contribution is -2.08. The Bertz CT molecular complexity index is 524. The Morgan fingerprint density at radius 2 is 1.27 bits per heavy atom. The highest BCUT2D eigenvalue weighted by Gasteiger charge is 2.16. The Kier molecular flexibility index (Phi) is 14.8. The largest absolute Gasteiger partial charge is 0.131 e. The summed E-state index contributed by atoms with van der Waals surface area (Å²) in [5, 5.41) is 0. The summed E-state index contributed by atoms with van der Waals surface area (Å²) in [6.07, 6.45) is 34.1. The van der Waals surface area contributed by atoms with E-state index in [4.69, 9.17) is 0 Å². The van der Waals surface area contributed by atoms with E-state index in [1.165, 1.54) is 128 Å². The number of hydrogen-bond donors (Lipinski definition) is 0. The van der Waals surface area contributed by atoms with Gasteiger partial charge in [0.1, 0.15) is 0 Å². The molecular weight excluding hydrogens is 380 g/mol. The zero-order chi connectivity index (χ0) is 21.3. The van der Waals surface area contributed by atoms with E-state index >= 15 is 0 Å². The van der Waals surface area contributed by atoms with Crippen molar-refractivity contribution in [2.75, 3.05) is 5.75 Å². The van der Waals surface area contributed by atoms with Crippen LogP contribution in [0.4, 0.5) is 0 Å². The third kappa shape index (κ3) is 11.8. The quantitative estimate of drug-likeness (QED) is 0.207. The first-order valence-corrected chi connectivity index (χ1v) is 14.4. The molecule has 0 aromatic carbocycles. The van der Waals surface area contributed by atoms with Gasteiger partial charge in [-0.1, -0.05) is 113 Å². The van der Waals surface area contributed by atoms with Crippen molar-refractivity contribution >= 4 is 11.8 Å². The molecule has 30 heavy (non-hydrogen) atoms. The second-order valence-electron chi connectivity index (χ2n) is 9.83. The van der Waals surface area contributed by atoms with Crippen LogP contribution in [0, 0.1) is 5.92 Å². The molecule has 2 aliphatic rings. The molecule has 0 saturated carbocycles. The van der Waals surface area contributed by atoms with Crippen LogP contribution in [-0.2, 0) is 0 Å². The first-order valence-electron chi connectivity index (χ1n) is 13.5. The molecular formula is C29H50S. The van der Waals surface area contributed by atoms with Gasteiger partial charge in [0.25, 0.3) is 0 Å². The summed E-state index contributed by atoms with van der Waals surface area (Å²) < 4.78 is 0. The van der Waals surface area contributed by atoms with Crippen LogP contribution in [0.25, 0.3) is 0 Å². The van der Waals surface area contributed by atoms with Crippen molar-refractivity contribution in [1.82, 2.24) is 0 Å². The van der Waals surface area contributed by atoms with E-state index in [0.29, 0.717) is 0 Å². The highest BCUT2D eigenvalue weighted by Crippen LogP contribution is 2.36. The maximum Gasteiger partial charge on any atom is -0.00177 e. The zero-order valence-corrected chi connectivity index (χ0v) is 21.2. The first-order chi connectivity index (χ1) is 14.8. The summed E-state index contributed by atoms with van der Waals surface area (Å²) in [5.41, 5.74) is 3.37. The Morgan fingerprint density at radius 3 is 1.77 bits per heavy atom. The monoisotopic (exact) mass is 430 g/mol. The molecule has 0 radical (unpaired) electrons. The fourth-order valence-corrected chi connectivity index (χ4v) is 6.31. The zero-order valence-electron chi connectivity index (χ0n) is 20.4. The number of allylic oxidation sites excluding steroid dienone is 6. The lowest BCUT2D eigenvalue weighted by molar-refractivity contribution is 0.528. The average Bonchev–Trinajstić information content (AvgIpc) is 2.76. The normalized spacial score (nSPS) is 19.4. The number of hydrogen-bond acceptors (Lipinski definition) is 1. The van der Waals surface area contributed by atoms with Crippen LogP contribution < -0.4 is 0 Å². The lowest BCUT2D eigenvalue weighted by Gasteiger charge is -2.24. The first kappa shape index (κ1) is 25.8. The highest BCUT2D eigenvalue weighted by molar-refractivity contribution is 8.03. The van der Waals surface area contributed by atoms with E-state index in [2.05, 4.69) is 43.8 Å². The van der Waals surface area contributed by atoms with Crippen LogP contribution in [0.1, 0.15) is 136 Å². The van der Waals surface area contributed by atoms with Crippen molar-refractivity contribution in [3.8, 4) is 0 Å². The highest BCUT2D eigenvalue weighted by atomic mass is 32.2. The molecule has 0 aromatic heterocycles. The Balaban J connectivity index is 1.27. The van der Waals surface area contributed by atoms with E-state index in [1.54, 1.807) is 16.1 Å². The molecule has 0 N–H and O–H groups in total. The van der Waals surface area contributed by atoms with E-state index in [0.717, 1.165) is 5.92 Å². The van der Waals surface area contributed by atoms with Gasteiger partial charge in [0.2, 0.25) is 0 Å². The van der Waals surface area contributed by atoms with Gasteiger partial charge < -0.3 is 0 Å². The third-order valence-electron chi connectivity index (χ3n) is 7.15. The predicted octanol–water partition coefficient (Wildman–Crippen LogP) is 10.6. The smallest absolute Gasteiger partial charge is 0.00177 e. The van der Waals surface area contributed by atoms with Crippen molar-refractivity contribution in [2.24, 2.45) is 5.92 Å². The van der Waals surface area contributed by atoms with Crippen molar-refractivity contribution in [2.45, 2.75) is 136 Å². The van der Waals surface area contributed by atoms with E-state index in [-0.39, 0.29) is 0 Å². The standard InChI is InChI=1S/C29H50S/c1-26-24-25-30-27(2)29(26)23-19-14-12-10-8-6-4-3-5-7-9-11-13-16-20-28-21-17-15-18-22-28/h17,21-22,26H,3-16,18-20,23-25H2,1-2H3. The lowest BCUT2D eigenvalue weighted by atomic mass is 9.92. The molecule has 0 spiro atoms. The van der Waals surface area contributed by atoms with Crippen LogP contribution in [-0.4, -0.2) is 5.75 Å². The summed E-state index contributed by atoms with van der Waals surface area (Å²) in [6, 6.07) is 0. The second-order valence-corrected chi connectivity index (χ2v) is 11.1. The van der Waals surface area contributed by atoms with Gasteiger partial charge in [0.15, 0.2) is 0 Å². The summed E-state index contributed by atoms with van der Waals surface area (Å²) in [5.74, 6) is 2.19. The van der Waals surface area contributed by atoms with E-state index < -0.39 is 0 Å². The maximum atomic E-state index is 2.44. The number of rotatable bonds is 17. The molecule has 1 unspecified atom stereocenters. The van der Waals surface area contributed by atoms with Gasteiger partial charge in [0, 0.05) is 0 Å². The van der Waals surface area contributed by atoms with Crippen molar-refractivity contribution in [1.29, 1.82) is 0 Å². The molecule has 1 aliphatic heterocycles. The molecule has 1 aliphatic carbocycles.